The molecule has 0 spiro atoms. The first kappa shape index (κ1) is 14.0. The van der Waals surface area contributed by atoms with Crippen molar-refractivity contribution in [2.24, 2.45) is 0 Å². The summed E-state index contributed by atoms with van der Waals surface area (Å²) in [6.07, 6.45) is 1.95. The molecular formula is C12H19N3O4. The van der Waals surface area contributed by atoms with Crippen LogP contribution in [0.3, 0.4) is 0 Å². The maximum Gasteiger partial charge on any atom is 0.358 e. The number of aromatic nitrogens is 3. The van der Waals surface area contributed by atoms with Gasteiger partial charge in [0.25, 0.3) is 0 Å². The summed E-state index contributed by atoms with van der Waals surface area (Å²) in [4.78, 5) is 11.0. The number of nitrogens with zero attached hydrogens (tertiary/aromatic N) is 3. The Morgan fingerprint density at radius 2 is 2.37 bits per heavy atom. The predicted molar refractivity (Wildman–Crippen MR) is 65.9 cm³/mol. The van der Waals surface area contributed by atoms with Crippen molar-refractivity contribution < 1.29 is 19.4 Å². The van der Waals surface area contributed by atoms with E-state index in [0.29, 0.717) is 12.2 Å². The van der Waals surface area contributed by atoms with E-state index in [1.165, 1.54) is 7.11 Å². The number of carboxylic acids is 1. The Kier molecular flexibility index (Phi) is 3.86. The molecular weight excluding hydrogens is 250 g/mol. The third-order valence-corrected chi connectivity index (χ3v) is 3.25. The van der Waals surface area contributed by atoms with Gasteiger partial charge in [-0.3, -0.25) is 0 Å². The Morgan fingerprint density at radius 3 is 2.89 bits per heavy atom. The summed E-state index contributed by atoms with van der Waals surface area (Å²) in [6, 6.07) is 0. The molecule has 0 aromatic carbocycles. The van der Waals surface area contributed by atoms with Gasteiger partial charge in [0.2, 0.25) is 0 Å². The normalized spacial score (nSPS) is 21.7. The molecule has 0 saturated carbocycles. The Morgan fingerprint density at radius 1 is 1.63 bits per heavy atom. The van der Waals surface area contributed by atoms with Crippen LogP contribution in [0, 0.1) is 0 Å². The molecule has 7 heteroatoms. The minimum absolute atomic E-state index is 0.0361. The second kappa shape index (κ2) is 5.26. The lowest BCUT2D eigenvalue weighted by molar-refractivity contribution is -0.0239. The Balaban J connectivity index is 2.14. The summed E-state index contributed by atoms with van der Waals surface area (Å²) in [5.41, 5.74) is 0.296. The molecule has 2 rings (SSSR count). The van der Waals surface area contributed by atoms with Gasteiger partial charge < -0.3 is 14.6 Å². The van der Waals surface area contributed by atoms with Gasteiger partial charge in [-0.15, -0.1) is 5.10 Å². The monoisotopic (exact) mass is 269 g/mol. The van der Waals surface area contributed by atoms with Gasteiger partial charge in [0, 0.05) is 7.11 Å². The van der Waals surface area contributed by atoms with Gasteiger partial charge >= 0.3 is 5.97 Å². The fraction of sp³-hybridized carbons (Fsp3) is 0.750. The Bertz CT molecular complexity index is 470. The molecule has 1 aromatic rings. The number of rotatable bonds is 5. The molecule has 19 heavy (non-hydrogen) atoms. The maximum absolute atomic E-state index is 11.0. The third-order valence-electron chi connectivity index (χ3n) is 3.25. The smallest absolute Gasteiger partial charge is 0.358 e. The lowest BCUT2D eigenvalue weighted by atomic mass is 10.1. The van der Waals surface area contributed by atoms with Crippen LogP contribution in [0.15, 0.2) is 0 Å². The van der Waals surface area contributed by atoms with E-state index >= 15 is 0 Å². The highest BCUT2D eigenvalue weighted by Crippen LogP contribution is 2.30. The molecule has 106 valence electrons. The quantitative estimate of drug-likeness (QED) is 0.860. The molecule has 7 nitrogen and oxygen atoms in total. The van der Waals surface area contributed by atoms with Crippen molar-refractivity contribution in [3.05, 3.63) is 11.4 Å². The number of aromatic carboxylic acids is 1. The van der Waals surface area contributed by atoms with Crippen molar-refractivity contribution in [2.75, 3.05) is 7.11 Å². The van der Waals surface area contributed by atoms with Crippen LogP contribution in [-0.2, 0) is 22.6 Å². The average molecular weight is 269 g/mol. The molecule has 1 aromatic heterocycles. The fourth-order valence-corrected chi connectivity index (χ4v) is 2.32. The van der Waals surface area contributed by atoms with Gasteiger partial charge in [-0.25, -0.2) is 9.48 Å². The number of ether oxygens (including phenoxy) is 2. The van der Waals surface area contributed by atoms with E-state index in [1.807, 2.05) is 13.8 Å². The van der Waals surface area contributed by atoms with Crippen LogP contribution in [0.5, 0.6) is 0 Å². The van der Waals surface area contributed by atoms with Crippen LogP contribution in [0.4, 0.5) is 0 Å². The molecule has 2 heterocycles. The molecule has 0 aliphatic carbocycles. The highest BCUT2D eigenvalue weighted by Gasteiger charge is 2.32. The van der Waals surface area contributed by atoms with E-state index in [0.717, 1.165) is 12.8 Å². The first-order chi connectivity index (χ1) is 8.93. The summed E-state index contributed by atoms with van der Waals surface area (Å²) >= 11 is 0. The van der Waals surface area contributed by atoms with Gasteiger partial charge in [-0.2, -0.15) is 0 Å². The Labute approximate surface area is 111 Å². The summed E-state index contributed by atoms with van der Waals surface area (Å²) in [5, 5.41) is 16.6. The largest absolute Gasteiger partial charge is 0.476 e. The molecule has 0 radical (unpaired) electrons. The van der Waals surface area contributed by atoms with Crippen LogP contribution < -0.4 is 0 Å². The molecule has 1 fully saturated rings. The van der Waals surface area contributed by atoms with Crippen LogP contribution in [0.1, 0.15) is 42.9 Å². The third kappa shape index (κ3) is 3.10. The summed E-state index contributed by atoms with van der Waals surface area (Å²) in [5.74, 6) is -1.09. The first-order valence-electron chi connectivity index (χ1n) is 6.25. The van der Waals surface area contributed by atoms with Crippen molar-refractivity contribution in [3.8, 4) is 0 Å². The molecule has 1 saturated heterocycles. The van der Waals surface area contributed by atoms with Crippen LogP contribution >= 0.6 is 0 Å². The lowest BCUT2D eigenvalue weighted by Gasteiger charge is -2.19. The molecule has 1 atom stereocenters. The fourth-order valence-electron chi connectivity index (χ4n) is 2.32. The van der Waals surface area contributed by atoms with E-state index in [4.69, 9.17) is 14.6 Å². The van der Waals surface area contributed by atoms with E-state index < -0.39 is 5.97 Å². The minimum Gasteiger partial charge on any atom is -0.476 e. The van der Waals surface area contributed by atoms with Gasteiger partial charge in [0.1, 0.15) is 0 Å². The SMILES string of the molecule is COCc1c(C(=O)O)nnn1CC1CCC(C)(C)O1. The second-order valence-electron chi connectivity index (χ2n) is 5.34. The number of carboxylic acid groups (broad SMARTS) is 1. The Hall–Kier alpha value is -1.47. The predicted octanol–water partition coefficient (Wildman–Crippen LogP) is 1.08. The molecule has 1 aliphatic rings. The number of carbonyl (C=O) groups is 1. The van der Waals surface area contributed by atoms with Crippen molar-refractivity contribution in [3.63, 3.8) is 0 Å². The number of hydrogen-bond acceptors (Lipinski definition) is 5. The highest BCUT2D eigenvalue weighted by atomic mass is 16.5. The molecule has 0 amide bonds. The minimum atomic E-state index is -1.09. The maximum atomic E-state index is 11.0. The second-order valence-corrected chi connectivity index (χ2v) is 5.34. The summed E-state index contributed by atoms with van der Waals surface area (Å²) < 4.78 is 12.5. The van der Waals surface area contributed by atoms with Crippen LogP contribution in [-0.4, -0.2) is 44.9 Å². The van der Waals surface area contributed by atoms with Crippen molar-refractivity contribution in [1.82, 2.24) is 15.0 Å². The van der Waals surface area contributed by atoms with Gasteiger partial charge in [0.05, 0.1) is 30.6 Å². The van der Waals surface area contributed by atoms with Crippen molar-refractivity contribution in [2.45, 2.75) is 51.5 Å². The zero-order valence-electron chi connectivity index (χ0n) is 11.4. The van der Waals surface area contributed by atoms with E-state index in [1.54, 1.807) is 4.68 Å². The van der Waals surface area contributed by atoms with Crippen LogP contribution in [0.2, 0.25) is 0 Å². The van der Waals surface area contributed by atoms with Crippen molar-refractivity contribution in [1.29, 1.82) is 0 Å². The van der Waals surface area contributed by atoms with Gasteiger partial charge in [-0.05, 0) is 26.7 Å². The number of methoxy groups -OCH3 is 1. The topological polar surface area (TPSA) is 86.5 Å². The highest BCUT2D eigenvalue weighted by molar-refractivity contribution is 5.86. The van der Waals surface area contributed by atoms with E-state index in [2.05, 4.69) is 10.3 Å². The van der Waals surface area contributed by atoms with Crippen LogP contribution in [0.25, 0.3) is 0 Å². The van der Waals surface area contributed by atoms with E-state index in [-0.39, 0.29) is 24.0 Å². The number of hydrogen-bond donors (Lipinski definition) is 1. The standard InChI is InChI=1S/C12H19N3O4/c1-12(2)5-4-8(19-12)6-15-9(7-18-3)10(11(16)17)13-14-15/h8H,4-7H2,1-3H3,(H,16,17). The molecule has 1 unspecified atom stereocenters. The molecule has 1 aliphatic heterocycles. The van der Waals surface area contributed by atoms with Gasteiger partial charge in [-0.1, -0.05) is 5.21 Å². The zero-order chi connectivity index (χ0) is 14.0. The first-order valence-corrected chi connectivity index (χ1v) is 6.25. The molecule has 0 bridgehead atoms. The summed E-state index contributed by atoms with van der Waals surface area (Å²) in [6.45, 7) is 4.77. The van der Waals surface area contributed by atoms with E-state index in [9.17, 15) is 4.79 Å². The zero-order valence-corrected chi connectivity index (χ0v) is 11.4. The van der Waals surface area contributed by atoms with Crippen molar-refractivity contribution >= 4 is 5.97 Å². The van der Waals surface area contributed by atoms with Gasteiger partial charge in [0.15, 0.2) is 5.69 Å². The summed E-state index contributed by atoms with van der Waals surface area (Å²) in [7, 11) is 1.51. The molecule has 1 N–H and O–H groups in total. The average Bonchev–Trinajstić information content (AvgIpc) is 2.85. The lowest BCUT2D eigenvalue weighted by Crippen LogP contribution is -2.24.